The van der Waals surface area contributed by atoms with Crippen LogP contribution in [0, 0.1) is 18.6 Å². The summed E-state index contributed by atoms with van der Waals surface area (Å²) in [4.78, 5) is 19.7. The molecule has 0 N–H and O–H groups in total. The number of amides is 1. The van der Waals surface area contributed by atoms with Gasteiger partial charge in [-0.3, -0.25) is 13.9 Å². The predicted octanol–water partition coefficient (Wildman–Crippen LogP) is 5.40. The van der Waals surface area contributed by atoms with Crippen LogP contribution in [-0.2, 0) is 22.1 Å². The van der Waals surface area contributed by atoms with Gasteiger partial charge in [0.25, 0.3) is 5.91 Å². The van der Waals surface area contributed by atoms with Crippen molar-refractivity contribution in [2.75, 3.05) is 11.2 Å². The predicted molar refractivity (Wildman–Crippen MR) is 133 cm³/mol. The number of fused-ring (bicyclic) bond motifs is 2. The molecule has 2 aromatic carbocycles. The number of benzene rings is 2. The summed E-state index contributed by atoms with van der Waals surface area (Å²) in [5, 5.41) is 0. The van der Waals surface area contributed by atoms with E-state index in [1.165, 1.54) is 17.0 Å². The Bertz CT molecular complexity index is 1540. The molecule has 35 heavy (non-hydrogen) atoms. The number of carbonyl (C=O) groups excluding carboxylic acids is 1. The van der Waals surface area contributed by atoms with Crippen LogP contribution in [-0.4, -0.2) is 31.9 Å². The second-order valence-corrected chi connectivity index (χ2v) is 10.5. The number of halogens is 3. The van der Waals surface area contributed by atoms with Crippen LogP contribution < -0.4 is 9.64 Å². The quantitative estimate of drug-likeness (QED) is 0.335. The van der Waals surface area contributed by atoms with Gasteiger partial charge in [0.2, 0.25) is 0 Å². The summed E-state index contributed by atoms with van der Waals surface area (Å²) in [6, 6.07) is 11.4. The number of aromatic nitrogens is 2. The summed E-state index contributed by atoms with van der Waals surface area (Å²) in [6.07, 6.45) is 2.24. The van der Waals surface area contributed by atoms with Crippen LogP contribution in [0.25, 0.3) is 16.8 Å². The molecule has 1 amide bonds. The zero-order valence-corrected chi connectivity index (χ0v) is 21.4. The molecule has 0 saturated heterocycles. The molecule has 0 radical (unpaired) electrons. The second-order valence-electron chi connectivity index (χ2n) is 8.31. The van der Waals surface area contributed by atoms with Crippen LogP contribution in [0.4, 0.5) is 14.5 Å². The summed E-state index contributed by atoms with van der Waals surface area (Å²) < 4.78 is 48.9. The van der Waals surface area contributed by atoms with Crippen molar-refractivity contribution < 1.29 is 22.5 Å². The van der Waals surface area contributed by atoms with Gasteiger partial charge in [-0.05, 0) is 65.2 Å². The van der Waals surface area contributed by atoms with Crippen molar-refractivity contribution in [2.24, 2.45) is 0 Å². The fraction of sp³-hybridized carbons (Fsp3) is 0.200. The lowest BCUT2D eigenvalue weighted by molar-refractivity contribution is -0.125. The summed E-state index contributed by atoms with van der Waals surface area (Å²) >= 11 is 3.20. The first-order valence-corrected chi connectivity index (χ1v) is 13.1. The lowest BCUT2D eigenvalue weighted by Gasteiger charge is -2.33. The third-order valence-electron chi connectivity index (χ3n) is 5.99. The minimum atomic E-state index is -1.20. The topological polar surface area (TPSA) is 63.9 Å². The highest BCUT2D eigenvalue weighted by molar-refractivity contribution is 9.10. The van der Waals surface area contributed by atoms with Crippen LogP contribution in [0.5, 0.6) is 5.75 Å². The smallest absolute Gasteiger partial charge is 0.268 e. The van der Waals surface area contributed by atoms with Crippen LogP contribution >= 0.6 is 15.9 Å². The van der Waals surface area contributed by atoms with Gasteiger partial charge in [-0.15, -0.1) is 0 Å². The average Bonchev–Trinajstić information content (AvgIpc) is 3.11. The van der Waals surface area contributed by atoms with E-state index in [-0.39, 0.29) is 28.4 Å². The Morgan fingerprint density at radius 1 is 1.14 bits per heavy atom. The van der Waals surface area contributed by atoms with Gasteiger partial charge < -0.3 is 9.14 Å². The summed E-state index contributed by atoms with van der Waals surface area (Å²) in [7, 11) is -1.20. The minimum absolute atomic E-state index is 0.0187. The monoisotopic (exact) mass is 559 g/mol. The Morgan fingerprint density at radius 2 is 1.91 bits per heavy atom. The van der Waals surface area contributed by atoms with Crippen molar-refractivity contribution in [1.82, 2.24) is 9.38 Å². The fourth-order valence-corrected chi connectivity index (χ4v) is 5.07. The molecule has 0 spiro atoms. The van der Waals surface area contributed by atoms with E-state index in [2.05, 4.69) is 20.9 Å². The van der Waals surface area contributed by atoms with E-state index in [4.69, 9.17) is 4.74 Å². The maximum atomic E-state index is 15.3. The molecule has 2 aromatic heterocycles. The highest BCUT2D eigenvalue weighted by Gasteiger charge is 2.35. The molecular weight excluding hydrogens is 540 g/mol. The number of anilines is 1. The normalized spacial score (nSPS) is 16.3. The number of hydrogen-bond acceptors (Lipinski definition) is 4. The van der Waals surface area contributed by atoms with Gasteiger partial charge >= 0.3 is 0 Å². The van der Waals surface area contributed by atoms with E-state index in [1.54, 1.807) is 61.0 Å². The van der Waals surface area contributed by atoms with Crippen molar-refractivity contribution >= 4 is 44.0 Å². The molecule has 10 heteroatoms. The van der Waals surface area contributed by atoms with Crippen LogP contribution in [0.2, 0.25) is 0 Å². The Balaban J connectivity index is 1.64. The molecule has 180 valence electrons. The lowest BCUT2D eigenvalue weighted by Crippen LogP contribution is -2.44. The number of nitrogens with zero attached hydrogens (tertiary/aromatic N) is 3. The maximum absolute atomic E-state index is 15.3. The fourth-order valence-electron chi connectivity index (χ4n) is 4.19. The number of carbonyl (C=O) groups is 1. The molecule has 1 aliphatic rings. The van der Waals surface area contributed by atoms with E-state index in [9.17, 15) is 13.4 Å². The Hall–Kier alpha value is -3.11. The van der Waals surface area contributed by atoms with Crippen LogP contribution in [0.1, 0.15) is 18.3 Å². The van der Waals surface area contributed by atoms with Crippen molar-refractivity contribution in [2.45, 2.75) is 31.4 Å². The van der Waals surface area contributed by atoms with Crippen LogP contribution in [0.3, 0.4) is 0 Å². The Morgan fingerprint density at radius 3 is 2.66 bits per heavy atom. The van der Waals surface area contributed by atoms with Gasteiger partial charge in [0.1, 0.15) is 11.5 Å². The largest absolute Gasteiger partial charge is 0.476 e. The first kappa shape index (κ1) is 23.6. The molecule has 1 unspecified atom stereocenters. The van der Waals surface area contributed by atoms with E-state index in [1.807, 2.05) is 0 Å². The molecule has 5 rings (SSSR count). The SMILES string of the molecule is Cc1nc2cc(F)c(Br)cn2c1CN1C(=O)[C@@H](C)Oc2c(F)cc(-c3cccc(S(C)=O)c3)cc21. The van der Waals surface area contributed by atoms with Gasteiger partial charge in [0, 0.05) is 34.2 Å². The van der Waals surface area contributed by atoms with Crippen molar-refractivity contribution in [1.29, 1.82) is 0 Å². The molecule has 0 bridgehead atoms. The van der Waals surface area contributed by atoms with E-state index in [0.717, 1.165) is 0 Å². The standard InChI is InChI=1S/C25H20BrF2N3O3S/c1-13-22(30-11-18(26)19(27)10-23(30)29-13)12-31-21-9-16(15-5-4-6-17(7-15)35(3)33)8-20(28)24(21)34-14(2)25(31)32/h4-11,14H,12H2,1-3H3/t14-,35?/m1/s1. The second kappa shape index (κ2) is 8.83. The molecule has 1 aliphatic heterocycles. The summed E-state index contributed by atoms with van der Waals surface area (Å²) in [6.45, 7) is 3.42. The van der Waals surface area contributed by atoms with Gasteiger partial charge in [-0.2, -0.15) is 0 Å². The van der Waals surface area contributed by atoms with Gasteiger partial charge in [-0.25, -0.2) is 13.8 Å². The summed E-state index contributed by atoms with van der Waals surface area (Å²) in [5.41, 5.74) is 3.13. The van der Waals surface area contributed by atoms with E-state index >= 15 is 4.39 Å². The molecule has 0 saturated carbocycles. The molecule has 0 aliphatic carbocycles. The van der Waals surface area contributed by atoms with Gasteiger partial charge in [-0.1, -0.05) is 12.1 Å². The Kier molecular flexibility index (Phi) is 5.96. The average molecular weight is 560 g/mol. The summed E-state index contributed by atoms with van der Waals surface area (Å²) in [5.74, 6) is -1.41. The third-order valence-corrected chi connectivity index (χ3v) is 7.50. The number of aryl methyl sites for hydroxylation is 1. The zero-order valence-electron chi connectivity index (χ0n) is 19.0. The van der Waals surface area contributed by atoms with Crippen LogP contribution in [0.15, 0.2) is 58.0 Å². The molecule has 6 nitrogen and oxygen atoms in total. The molecule has 4 aromatic rings. The van der Waals surface area contributed by atoms with E-state index in [0.29, 0.717) is 33.1 Å². The molecule has 0 fully saturated rings. The Labute approximate surface area is 211 Å². The molecular formula is C25H20BrF2N3O3S. The molecule has 2 atom stereocenters. The van der Waals surface area contributed by atoms with Gasteiger partial charge in [0.05, 0.1) is 28.1 Å². The first-order valence-electron chi connectivity index (χ1n) is 10.7. The number of ether oxygens (including phenoxy) is 1. The first-order chi connectivity index (χ1) is 16.6. The third kappa shape index (κ3) is 4.14. The van der Waals surface area contributed by atoms with Crippen molar-refractivity contribution in [3.8, 4) is 16.9 Å². The number of pyridine rings is 1. The molecule has 3 heterocycles. The maximum Gasteiger partial charge on any atom is 0.268 e. The number of hydrogen-bond donors (Lipinski definition) is 0. The highest BCUT2D eigenvalue weighted by atomic mass is 79.9. The minimum Gasteiger partial charge on any atom is -0.476 e. The van der Waals surface area contributed by atoms with E-state index < -0.39 is 28.5 Å². The zero-order chi connectivity index (χ0) is 25.0. The lowest BCUT2D eigenvalue weighted by atomic mass is 10.0. The highest BCUT2D eigenvalue weighted by Crippen LogP contribution is 2.41. The van der Waals surface area contributed by atoms with Crippen molar-refractivity contribution in [3.63, 3.8) is 0 Å². The number of imidazole rings is 1. The van der Waals surface area contributed by atoms with Gasteiger partial charge in [0.15, 0.2) is 17.7 Å². The number of rotatable bonds is 4. The van der Waals surface area contributed by atoms with Crippen molar-refractivity contribution in [3.05, 3.63) is 76.2 Å².